The van der Waals surface area contributed by atoms with Crippen molar-refractivity contribution < 1.29 is 70.5 Å². The summed E-state index contributed by atoms with van der Waals surface area (Å²) in [6.07, 6.45) is -7.13. The zero-order valence-electron chi connectivity index (χ0n) is 11.1. The van der Waals surface area contributed by atoms with Gasteiger partial charge < -0.3 is 4.79 Å². The third-order valence-corrected chi connectivity index (χ3v) is 1.43. The molecule has 0 N–H and O–H groups in total. The van der Waals surface area contributed by atoms with Crippen molar-refractivity contribution in [3.63, 3.8) is 0 Å². The molecule has 0 bridgehead atoms. The predicted octanol–water partition coefficient (Wildman–Crippen LogP) is 3.22. The molecule has 1 aromatic carbocycles. The number of hydrogen-bond acceptors (Lipinski definition) is 1. The zero-order valence-corrected chi connectivity index (χ0v) is 14.0. The van der Waals surface area contributed by atoms with Gasteiger partial charge in [0.25, 0.3) is 0 Å². The molecule has 4 nitrogen and oxygen atoms in total. The van der Waals surface area contributed by atoms with Gasteiger partial charge in [-0.1, -0.05) is 0 Å². The normalized spacial score (nSPS) is 9.21. The molecular weight excluding hydrogens is 525 g/mol. The first-order valence-electron chi connectivity index (χ1n) is 4.56. The summed E-state index contributed by atoms with van der Waals surface area (Å²) in [4.78, 5) is 9.06. The molecule has 0 atom stereocenters. The molecular formula is C12H5F7O4W-2. The molecule has 0 saturated carbocycles. The Kier molecular flexibility index (Phi) is 25.1. The third-order valence-electron chi connectivity index (χ3n) is 1.43. The minimum absolute atomic E-state index is 0. The third kappa shape index (κ3) is 12.9. The van der Waals surface area contributed by atoms with Crippen molar-refractivity contribution >= 4 is 6.29 Å². The van der Waals surface area contributed by atoms with E-state index < -0.39 is 24.3 Å². The second kappa shape index (κ2) is 17.8. The monoisotopic (exact) mass is 530 g/mol. The summed E-state index contributed by atoms with van der Waals surface area (Å²) in [5.41, 5.74) is 0. The first-order valence-corrected chi connectivity index (χ1v) is 4.56. The van der Waals surface area contributed by atoms with E-state index in [1.807, 2.05) is 30.3 Å². The number of rotatable bonds is 2. The first-order chi connectivity index (χ1) is 10.6. The summed E-state index contributed by atoms with van der Waals surface area (Å²) in [6, 6.07) is 10.0. The van der Waals surface area contributed by atoms with Gasteiger partial charge in [-0.15, -0.1) is 0 Å². The second-order valence-electron chi connectivity index (χ2n) is 2.71. The molecule has 24 heavy (non-hydrogen) atoms. The van der Waals surface area contributed by atoms with E-state index in [2.05, 4.69) is 20.0 Å². The van der Waals surface area contributed by atoms with Crippen molar-refractivity contribution in [2.24, 2.45) is 0 Å². The van der Waals surface area contributed by atoms with Crippen LogP contribution < -0.4 is 0 Å². The molecule has 134 valence electrons. The fourth-order valence-electron chi connectivity index (χ4n) is 0.563. The molecule has 0 aliphatic rings. The van der Waals surface area contributed by atoms with E-state index in [-0.39, 0.29) is 21.1 Å². The maximum Gasteiger partial charge on any atom is 0 e. The molecule has 1 aromatic rings. The molecule has 0 unspecified atom stereocenters. The van der Waals surface area contributed by atoms with Gasteiger partial charge in [0.1, 0.15) is 0 Å². The van der Waals surface area contributed by atoms with Crippen molar-refractivity contribution in [2.45, 2.75) is 18.0 Å². The van der Waals surface area contributed by atoms with Crippen LogP contribution >= 0.6 is 0 Å². The van der Waals surface area contributed by atoms with Crippen molar-refractivity contribution in [1.82, 2.24) is 0 Å². The Hall–Kier alpha value is -1.56. The van der Waals surface area contributed by atoms with Crippen LogP contribution in [0.4, 0.5) is 30.7 Å². The SMILES string of the molecule is O=[C-]C(F)(F)C(F)(F)C(F)(F)F.[C-]#[O+].[C-]#[O+].[C-]#[O+].[W].c1cc[cH-]c1. The molecule has 0 fully saturated rings. The Morgan fingerprint density at radius 1 is 0.792 bits per heavy atom. The quantitative estimate of drug-likeness (QED) is 0.329. The van der Waals surface area contributed by atoms with Crippen LogP contribution in [0.5, 0.6) is 0 Å². The molecule has 0 aliphatic heterocycles. The Morgan fingerprint density at radius 3 is 1.17 bits per heavy atom. The van der Waals surface area contributed by atoms with Gasteiger partial charge in [-0.05, 0) is 0 Å². The van der Waals surface area contributed by atoms with Gasteiger partial charge in [0, 0.05) is 21.1 Å². The van der Waals surface area contributed by atoms with E-state index in [9.17, 15) is 30.7 Å². The molecule has 0 aliphatic carbocycles. The molecule has 0 heterocycles. The van der Waals surface area contributed by atoms with Crippen LogP contribution in [0.25, 0.3) is 0 Å². The Bertz CT molecular complexity index is 419. The minimum atomic E-state index is -6.46. The summed E-state index contributed by atoms with van der Waals surface area (Å²) < 4.78 is 102. The summed E-state index contributed by atoms with van der Waals surface area (Å²) in [5.74, 6) is -12.2. The van der Waals surface area contributed by atoms with Gasteiger partial charge in [0.05, 0.1) is 0 Å². The van der Waals surface area contributed by atoms with E-state index in [0.717, 1.165) is 0 Å². The molecule has 0 saturated heterocycles. The maximum absolute atomic E-state index is 11.6. The van der Waals surface area contributed by atoms with E-state index >= 15 is 0 Å². The van der Waals surface area contributed by atoms with Crippen LogP contribution in [-0.2, 0) is 39.8 Å². The summed E-state index contributed by atoms with van der Waals surface area (Å²) in [5, 5.41) is 0. The molecule has 12 heteroatoms. The van der Waals surface area contributed by atoms with Gasteiger partial charge in [-0.3, -0.25) is 0 Å². The number of alkyl halides is 7. The largest absolute Gasteiger partial charge is 0.214 e. The van der Waals surface area contributed by atoms with Gasteiger partial charge in [-0.2, -0.15) is 46.4 Å². The molecule has 0 spiro atoms. The Labute approximate surface area is 145 Å². The predicted molar refractivity (Wildman–Crippen MR) is 55.5 cm³/mol. The van der Waals surface area contributed by atoms with E-state index in [4.69, 9.17) is 18.8 Å². The second-order valence-corrected chi connectivity index (χ2v) is 2.71. The molecule has 0 amide bonds. The number of carbonyl (C=O) groups excluding carboxylic acids is 1. The molecule has 1 rings (SSSR count). The van der Waals surface area contributed by atoms with Gasteiger partial charge >= 0.3 is 46.0 Å². The first kappa shape index (κ1) is 33.9. The Balaban J connectivity index is -0.0000000834. The van der Waals surface area contributed by atoms with E-state index in [1.54, 1.807) is 0 Å². The number of hydrogen-bond donors (Lipinski definition) is 0. The fourth-order valence-corrected chi connectivity index (χ4v) is 0.563. The topological polar surface area (TPSA) is 76.8 Å². The van der Waals surface area contributed by atoms with Crippen LogP contribution in [-0.4, -0.2) is 24.3 Å². The molecule has 0 radical (unpaired) electrons. The number of halogens is 7. The van der Waals surface area contributed by atoms with Crippen LogP contribution in [0.2, 0.25) is 0 Å². The summed E-state index contributed by atoms with van der Waals surface area (Å²) >= 11 is 0. The van der Waals surface area contributed by atoms with Crippen molar-refractivity contribution in [3.05, 3.63) is 50.3 Å². The summed E-state index contributed by atoms with van der Waals surface area (Å²) in [6.45, 7) is 13.5. The summed E-state index contributed by atoms with van der Waals surface area (Å²) in [7, 11) is 0. The standard InChI is InChI=1S/C5H5.C4F7O.3CO.W/c1-2-4-5-3-1;5-2(6,1-12)3(7,8)4(9,10)11;3*1-2;/h1-5H;;;;;/q2*-1;;;;. The van der Waals surface area contributed by atoms with E-state index in [0.29, 0.717) is 0 Å². The minimum Gasteiger partial charge on any atom is -0.214 e. The van der Waals surface area contributed by atoms with Crippen LogP contribution in [0.3, 0.4) is 0 Å². The average molecular weight is 530 g/mol. The van der Waals surface area contributed by atoms with Gasteiger partial charge in [0.15, 0.2) is 0 Å². The van der Waals surface area contributed by atoms with Gasteiger partial charge in [-0.25, -0.2) is 20.9 Å². The van der Waals surface area contributed by atoms with Crippen molar-refractivity contribution in [3.8, 4) is 0 Å². The van der Waals surface area contributed by atoms with Crippen LogP contribution in [0.1, 0.15) is 0 Å². The Morgan fingerprint density at radius 2 is 1.08 bits per heavy atom. The van der Waals surface area contributed by atoms with Crippen molar-refractivity contribution in [2.75, 3.05) is 0 Å². The fraction of sp³-hybridized carbons (Fsp3) is 0.250. The molecule has 0 aromatic heterocycles. The average Bonchev–Trinajstić information content (AvgIpc) is 3.11. The van der Waals surface area contributed by atoms with Gasteiger partial charge in [0.2, 0.25) is 5.92 Å². The maximum atomic E-state index is 11.6. The van der Waals surface area contributed by atoms with Crippen LogP contribution in [0.15, 0.2) is 30.3 Å². The smallest absolute Gasteiger partial charge is 0 e. The van der Waals surface area contributed by atoms with Crippen LogP contribution in [0, 0.1) is 20.0 Å². The zero-order chi connectivity index (χ0) is 19.7. The van der Waals surface area contributed by atoms with Crippen molar-refractivity contribution in [1.29, 1.82) is 0 Å². The van der Waals surface area contributed by atoms with E-state index in [1.165, 1.54) is 0 Å².